The highest BCUT2D eigenvalue weighted by molar-refractivity contribution is 7.13. The van der Waals surface area contributed by atoms with Crippen LogP contribution >= 0.6 is 11.3 Å². The van der Waals surface area contributed by atoms with Crippen molar-refractivity contribution >= 4 is 28.9 Å². The first-order chi connectivity index (χ1) is 15.6. The Morgan fingerprint density at radius 1 is 0.938 bits per heavy atom. The smallest absolute Gasteiger partial charge is 0.358 e. The molecule has 0 aliphatic heterocycles. The number of aromatic nitrogens is 3. The summed E-state index contributed by atoms with van der Waals surface area (Å²) in [6, 6.07) is 18.0. The lowest BCUT2D eigenvalue weighted by Gasteiger charge is -2.13. The number of carbonyl (C=O) groups excluding carboxylic acids is 2. The standard InChI is InChI=1S/C23H18N4O4S/c1-15(30-23(29)19-14-32-22(27-19)20-24-12-5-13-25-20)21(28)26-16-8-10-18(11-9-16)31-17-6-3-2-4-7-17/h2-15H,1H3,(H,26,28). The van der Waals surface area contributed by atoms with E-state index in [1.807, 2.05) is 30.3 Å². The first-order valence-corrected chi connectivity index (χ1v) is 10.5. The van der Waals surface area contributed by atoms with E-state index in [2.05, 4.69) is 20.3 Å². The van der Waals surface area contributed by atoms with E-state index in [0.29, 0.717) is 28.0 Å². The van der Waals surface area contributed by atoms with Crippen molar-refractivity contribution in [3.8, 4) is 22.3 Å². The van der Waals surface area contributed by atoms with Crippen LogP contribution in [-0.2, 0) is 9.53 Å². The summed E-state index contributed by atoms with van der Waals surface area (Å²) in [4.78, 5) is 37.2. The Hall–Kier alpha value is -4.11. The van der Waals surface area contributed by atoms with Crippen LogP contribution in [0, 0.1) is 0 Å². The third-order valence-electron chi connectivity index (χ3n) is 4.22. The fraction of sp³-hybridized carbons (Fsp3) is 0.0870. The second kappa shape index (κ2) is 9.80. The largest absolute Gasteiger partial charge is 0.457 e. The Morgan fingerprint density at radius 2 is 1.62 bits per heavy atom. The van der Waals surface area contributed by atoms with Crippen molar-refractivity contribution in [3.63, 3.8) is 0 Å². The maximum absolute atomic E-state index is 12.4. The van der Waals surface area contributed by atoms with Crippen LogP contribution in [0.1, 0.15) is 17.4 Å². The maximum atomic E-state index is 12.4. The van der Waals surface area contributed by atoms with Crippen LogP contribution in [0.4, 0.5) is 5.69 Å². The first kappa shape index (κ1) is 21.1. The second-order valence-corrected chi connectivity index (χ2v) is 7.44. The minimum atomic E-state index is -1.01. The number of esters is 1. The Kier molecular flexibility index (Phi) is 6.47. The molecular formula is C23H18N4O4S. The molecule has 0 spiro atoms. The van der Waals surface area contributed by atoms with Crippen LogP contribution in [0.3, 0.4) is 0 Å². The van der Waals surface area contributed by atoms with E-state index in [9.17, 15) is 9.59 Å². The van der Waals surface area contributed by atoms with Gasteiger partial charge in [-0.15, -0.1) is 11.3 Å². The second-order valence-electron chi connectivity index (χ2n) is 6.59. The molecule has 1 atom stereocenters. The summed E-state index contributed by atoms with van der Waals surface area (Å²) in [5, 5.41) is 4.75. The van der Waals surface area contributed by atoms with Crippen molar-refractivity contribution in [2.75, 3.05) is 5.32 Å². The van der Waals surface area contributed by atoms with Gasteiger partial charge in [0.1, 0.15) is 11.5 Å². The lowest BCUT2D eigenvalue weighted by atomic mass is 10.2. The van der Waals surface area contributed by atoms with Crippen LogP contribution < -0.4 is 10.1 Å². The molecule has 2 heterocycles. The number of carbonyl (C=O) groups is 2. The van der Waals surface area contributed by atoms with Crippen LogP contribution in [0.2, 0.25) is 0 Å². The average molecular weight is 446 g/mol. The van der Waals surface area contributed by atoms with Crippen LogP contribution in [0.25, 0.3) is 10.8 Å². The number of hydrogen-bond acceptors (Lipinski definition) is 8. The molecule has 2 aromatic carbocycles. The summed E-state index contributed by atoms with van der Waals surface area (Å²) in [7, 11) is 0. The molecule has 0 aliphatic rings. The third-order valence-corrected chi connectivity index (χ3v) is 5.06. The number of benzene rings is 2. The van der Waals surface area contributed by atoms with Crippen molar-refractivity contribution in [3.05, 3.63) is 84.1 Å². The number of hydrogen-bond donors (Lipinski definition) is 1. The van der Waals surface area contributed by atoms with Crippen LogP contribution in [0.5, 0.6) is 11.5 Å². The number of nitrogens with zero attached hydrogens (tertiary/aromatic N) is 3. The summed E-state index contributed by atoms with van der Waals surface area (Å²) in [6.07, 6.45) is 2.17. The molecule has 0 saturated heterocycles. The molecule has 0 bridgehead atoms. The SMILES string of the molecule is CC(OC(=O)c1csc(-c2ncccn2)n1)C(=O)Nc1ccc(Oc2ccccc2)cc1. The summed E-state index contributed by atoms with van der Waals surface area (Å²) in [5.74, 6) is 0.612. The molecule has 0 aliphatic carbocycles. The third kappa shape index (κ3) is 5.32. The molecule has 0 fully saturated rings. The molecule has 160 valence electrons. The molecule has 1 unspecified atom stereocenters. The van der Waals surface area contributed by atoms with Gasteiger partial charge in [-0.05, 0) is 49.4 Å². The monoisotopic (exact) mass is 446 g/mol. The van der Waals surface area contributed by atoms with Gasteiger partial charge in [0.2, 0.25) is 0 Å². The van der Waals surface area contributed by atoms with Gasteiger partial charge < -0.3 is 14.8 Å². The quantitative estimate of drug-likeness (QED) is 0.415. The molecule has 8 nitrogen and oxygen atoms in total. The van der Waals surface area contributed by atoms with Gasteiger partial charge in [-0.2, -0.15) is 0 Å². The van der Waals surface area contributed by atoms with Gasteiger partial charge in [0.15, 0.2) is 22.6 Å². The van der Waals surface area contributed by atoms with E-state index in [4.69, 9.17) is 9.47 Å². The predicted molar refractivity (Wildman–Crippen MR) is 120 cm³/mol. The normalized spacial score (nSPS) is 11.4. The fourth-order valence-electron chi connectivity index (χ4n) is 2.63. The molecule has 9 heteroatoms. The number of nitrogens with one attached hydrogen (secondary N) is 1. The number of amides is 1. The van der Waals surface area contributed by atoms with E-state index in [1.54, 1.807) is 48.1 Å². The molecular weight excluding hydrogens is 428 g/mol. The number of ether oxygens (including phenoxy) is 2. The highest BCUT2D eigenvalue weighted by Crippen LogP contribution is 2.23. The van der Waals surface area contributed by atoms with E-state index >= 15 is 0 Å². The van der Waals surface area contributed by atoms with Gasteiger partial charge >= 0.3 is 5.97 Å². The lowest BCUT2D eigenvalue weighted by Crippen LogP contribution is -2.30. The van der Waals surface area contributed by atoms with E-state index in [0.717, 1.165) is 0 Å². The van der Waals surface area contributed by atoms with Gasteiger partial charge in [0.25, 0.3) is 5.91 Å². The molecule has 4 aromatic rings. The van der Waals surface area contributed by atoms with E-state index in [-0.39, 0.29) is 5.69 Å². The zero-order valence-electron chi connectivity index (χ0n) is 17.0. The van der Waals surface area contributed by atoms with Gasteiger partial charge in [-0.3, -0.25) is 4.79 Å². The van der Waals surface area contributed by atoms with Crippen LogP contribution in [0.15, 0.2) is 78.4 Å². The minimum Gasteiger partial charge on any atom is -0.457 e. The summed E-state index contributed by atoms with van der Waals surface area (Å²) < 4.78 is 11.0. The zero-order chi connectivity index (χ0) is 22.3. The van der Waals surface area contributed by atoms with E-state index < -0.39 is 18.0 Å². The number of para-hydroxylation sites is 1. The number of thiazole rings is 1. The van der Waals surface area contributed by atoms with Gasteiger partial charge in [0.05, 0.1) is 0 Å². The topological polar surface area (TPSA) is 103 Å². The minimum absolute atomic E-state index is 0.0968. The summed E-state index contributed by atoms with van der Waals surface area (Å²) in [5.41, 5.74) is 0.648. The predicted octanol–water partition coefficient (Wildman–Crippen LogP) is 4.58. The number of anilines is 1. The van der Waals surface area contributed by atoms with Crippen LogP contribution in [-0.4, -0.2) is 32.9 Å². The molecule has 1 N–H and O–H groups in total. The van der Waals surface area contributed by atoms with E-state index in [1.165, 1.54) is 18.3 Å². The summed E-state index contributed by atoms with van der Waals surface area (Å²) >= 11 is 1.22. The van der Waals surface area contributed by atoms with Crippen molar-refractivity contribution in [1.82, 2.24) is 15.0 Å². The Balaban J connectivity index is 1.32. The molecule has 0 radical (unpaired) electrons. The Morgan fingerprint density at radius 3 is 2.34 bits per heavy atom. The molecule has 1 amide bonds. The van der Waals surface area contributed by atoms with Gasteiger partial charge in [-0.25, -0.2) is 19.7 Å². The molecule has 4 rings (SSSR count). The average Bonchev–Trinajstić information content (AvgIpc) is 3.32. The fourth-order valence-corrected chi connectivity index (χ4v) is 3.36. The lowest BCUT2D eigenvalue weighted by molar-refractivity contribution is -0.123. The van der Waals surface area contributed by atoms with Gasteiger partial charge in [0, 0.05) is 23.5 Å². The molecule has 2 aromatic heterocycles. The van der Waals surface area contributed by atoms with Crippen molar-refractivity contribution in [2.24, 2.45) is 0 Å². The van der Waals surface area contributed by atoms with Gasteiger partial charge in [-0.1, -0.05) is 18.2 Å². The highest BCUT2D eigenvalue weighted by Gasteiger charge is 2.21. The summed E-state index contributed by atoms with van der Waals surface area (Å²) in [6.45, 7) is 1.49. The van der Waals surface area contributed by atoms with Crippen molar-refractivity contribution in [1.29, 1.82) is 0 Å². The first-order valence-electron chi connectivity index (χ1n) is 9.66. The highest BCUT2D eigenvalue weighted by atomic mass is 32.1. The van der Waals surface area contributed by atoms with Crippen molar-refractivity contribution < 1.29 is 19.1 Å². The molecule has 0 saturated carbocycles. The zero-order valence-corrected chi connectivity index (χ0v) is 17.8. The Labute approximate surface area is 187 Å². The number of rotatable bonds is 7. The molecule has 32 heavy (non-hydrogen) atoms. The maximum Gasteiger partial charge on any atom is 0.358 e. The van der Waals surface area contributed by atoms with Crippen molar-refractivity contribution in [2.45, 2.75) is 13.0 Å². The Bertz CT molecular complexity index is 1200.